The summed E-state index contributed by atoms with van der Waals surface area (Å²) in [5, 5.41) is 8.27. The van der Waals surface area contributed by atoms with Crippen LogP contribution in [-0.4, -0.2) is 42.8 Å². The summed E-state index contributed by atoms with van der Waals surface area (Å²) in [4.78, 5) is 25.5. The average molecular weight is 398 g/mol. The third kappa shape index (κ3) is 1.87. The molecule has 8 heteroatoms. The van der Waals surface area contributed by atoms with Crippen molar-refractivity contribution in [2.45, 2.75) is 33.2 Å². The maximum atomic E-state index is 12.0. The third-order valence-corrected chi connectivity index (χ3v) is 6.72. The van der Waals surface area contributed by atoms with Gasteiger partial charge in [-0.1, -0.05) is 31.9 Å². The minimum atomic E-state index is -0.799. The molecule has 18 heavy (non-hydrogen) atoms. The van der Waals surface area contributed by atoms with Crippen LogP contribution >= 0.6 is 43.6 Å². The monoisotopic (exact) mass is 396 g/mol. The first-order chi connectivity index (χ1) is 8.23. The number of nitrogens with zero attached hydrogens (tertiary/aromatic N) is 2. The Balaban J connectivity index is 2.23. The van der Waals surface area contributed by atoms with Crippen molar-refractivity contribution in [1.82, 2.24) is 4.90 Å². The molecule has 2 aliphatic rings. The summed E-state index contributed by atoms with van der Waals surface area (Å²) in [6, 6.07) is 1.09. The van der Waals surface area contributed by atoms with Crippen molar-refractivity contribution in [3.8, 4) is 6.07 Å². The van der Waals surface area contributed by atoms with Crippen molar-refractivity contribution in [2.24, 2.45) is 0 Å². The van der Waals surface area contributed by atoms with Crippen LogP contribution in [0.3, 0.4) is 0 Å². The second-order valence-electron chi connectivity index (χ2n) is 4.58. The molecule has 0 aromatic rings. The van der Waals surface area contributed by atoms with Crippen LogP contribution in [-0.2, 0) is 14.3 Å². The molecule has 0 aromatic heterocycles. The molecule has 1 amide bonds. The summed E-state index contributed by atoms with van der Waals surface area (Å²) >= 11 is 8.16. The standard InChI is InChI=1S/C10H10Br2N2O3S/c1-9(2)5(6(15)17-4-3-13)14-7(16)10(11,12)8(14)18-9/h5,8H,4H2,1-2H3/t5-,8+/m0/s1. The normalized spacial score (nSPS) is 31.3. The summed E-state index contributed by atoms with van der Waals surface area (Å²) in [6.45, 7) is 3.48. The number of hydrogen-bond acceptors (Lipinski definition) is 5. The topological polar surface area (TPSA) is 70.4 Å². The Hall–Kier alpha value is -0.260. The predicted octanol–water partition coefficient (Wildman–Crippen LogP) is 1.60. The van der Waals surface area contributed by atoms with Crippen molar-refractivity contribution < 1.29 is 14.3 Å². The van der Waals surface area contributed by atoms with Gasteiger partial charge in [-0.05, 0) is 13.8 Å². The van der Waals surface area contributed by atoms with Crippen LogP contribution in [0, 0.1) is 11.3 Å². The summed E-state index contributed by atoms with van der Waals surface area (Å²) in [7, 11) is 0. The summed E-state index contributed by atoms with van der Waals surface area (Å²) in [5.74, 6) is -0.718. The molecule has 0 unspecified atom stereocenters. The summed E-state index contributed by atoms with van der Waals surface area (Å²) in [5.41, 5.74) is 0. The number of esters is 1. The Labute approximate surface area is 125 Å². The van der Waals surface area contributed by atoms with Gasteiger partial charge in [0, 0.05) is 4.75 Å². The van der Waals surface area contributed by atoms with Gasteiger partial charge in [0.05, 0.1) is 0 Å². The molecule has 2 atom stereocenters. The van der Waals surface area contributed by atoms with Crippen LogP contribution in [0.5, 0.6) is 0 Å². The second-order valence-corrected chi connectivity index (χ2v) is 9.88. The zero-order chi connectivity index (χ0) is 13.7. The molecule has 0 aromatic carbocycles. The molecule has 2 heterocycles. The average Bonchev–Trinajstić information content (AvgIpc) is 2.56. The van der Waals surface area contributed by atoms with Gasteiger partial charge in [-0.2, -0.15) is 5.26 Å². The molecule has 2 saturated heterocycles. The van der Waals surface area contributed by atoms with Gasteiger partial charge in [0.25, 0.3) is 5.91 Å². The fourth-order valence-electron chi connectivity index (χ4n) is 2.14. The predicted molar refractivity (Wildman–Crippen MR) is 73.2 cm³/mol. The molecule has 2 fully saturated rings. The number of hydrogen-bond donors (Lipinski definition) is 0. The van der Waals surface area contributed by atoms with Crippen LogP contribution in [0.25, 0.3) is 0 Å². The van der Waals surface area contributed by atoms with E-state index in [2.05, 4.69) is 31.9 Å². The molecule has 0 aliphatic carbocycles. The highest BCUT2D eigenvalue weighted by molar-refractivity contribution is 9.26. The van der Waals surface area contributed by atoms with E-state index in [4.69, 9.17) is 10.00 Å². The van der Waals surface area contributed by atoms with E-state index in [-0.39, 0.29) is 17.9 Å². The molecule has 0 radical (unpaired) electrons. The van der Waals surface area contributed by atoms with E-state index in [9.17, 15) is 9.59 Å². The Bertz CT molecular complexity index is 461. The number of nitriles is 1. The summed E-state index contributed by atoms with van der Waals surface area (Å²) < 4.78 is 3.59. The lowest BCUT2D eigenvalue weighted by atomic mass is 9.98. The Morgan fingerprint density at radius 1 is 1.61 bits per heavy atom. The molecule has 0 spiro atoms. The van der Waals surface area contributed by atoms with Crippen LogP contribution in [0.4, 0.5) is 0 Å². The molecule has 0 N–H and O–H groups in total. The Morgan fingerprint density at radius 2 is 2.22 bits per heavy atom. The van der Waals surface area contributed by atoms with Gasteiger partial charge < -0.3 is 9.64 Å². The molecule has 2 rings (SSSR count). The van der Waals surface area contributed by atoms with Gasteiger partial charge in [-0.3, -0.25) is 4.79 Å². The zero-order valence-corrected chi connectivity index (χ0v) is 13.6. The highest BCUT2D eigenvalue weighted by Gasteiger charge is 2.70. The van der Waals surface area contributed by atoms with Crippen molar-refractivity contribution in [3.63, 3.8) is 0 Å². The quantitative estimate of drug-likeness (QED) is 0.402. The number of thioether (sulfide) groups is 1. The van der Waals surface area contributed by atoms with Gasteiger partial charge >= 0.3 is 5.97 Å². The number of carbonyl (C=O) groups is 2. The highest BCUT2D eigenvalue weighted by Crippen LogP contribution is 2.60. The molecular formula is C10H10Br2N2O3S. The minimum Gasteiger partial charge on any atom is -0.449 e. The fourth-order valence-corrected chi connectivity index (χ4v) is 5.05. The number of carbonyl (C=O) groups excluding carboxylic acids is 2. The zero-order valence-electron chi connectivity index (χ0n) is 9.65. The van der Waals surface area contributed by atoms with E-state index in [0.717, 1.165) is 0 Å². The minimum absolute atomic E-state index is 0.153. The molecule has 5 nitrogen and oxygen atoms in total. The van der Waals surface area contributed by atoms with Gasteiger partial charge in [0.15, 0.2) is 9.84 Å². The van der Waals surface area contributed by atoms with Crippen molar-refractivity contribution in [2.75, 3.05) is 6.61 Å². The Kier molecular flexibility index (Phi) is 3.45. The number of ether oxygens (including phenoxy) is 1. The molecule has 98 valence electrons. The van der Waals surface area contributed by atoms with E-state index in [1.165, 1.54) is 16.7 Å². The van der Waals surface area contributed by atoms with E-state index in [0.29, 0.717) is 0 Å². The Morgan fingerprint density at radius 3 is 2.78 bits per heavy atom. The number of alkyl halides is 2. The van der Waals surface area contributed by atoms with Gasteiger partial charge in [-0.25, -0.2) is 4.79 Å². The van der Waals surface area contributed by atoms with Crippen LogP contribution in [0.15, 0.2) is 0 Å². The smallest absolute Gasteiger partial charge is 0.331 e. The number of fused-ring (bicyclic) bond motifs is 1. The fraction of sp³-hybridized carbons (Fsp3) is 0.700. The third-order valence-electron chi connectivity index (χ3n) is 2.94. The van der Waals surface area contributed by atoms with E-state index in [1.54, 1.807) is 6.07 Å². The lowest BCUT2D eigenvalue weighted by molar-refractivity contribution is -0.160. The maximum Gasteiger partial charge on any atom is 0.331 e. The van der Waals surface area contributed by atoms with Crippen molar-refractivity contribution >= 4 is 55.5 Å². The highest BCUT2D eigenvalue weighted by atomic mass is 79.9. The molecule has 2 aliphatic heterocycles. The number of amides is 1. The van der Waals surface area contributed by atoms with E-state index >= 15 is 0 Å². The van der Waals surface area contributed by atoms with Gasteiger partial charge in [0.1, 0.15) is 17.5 Å². The van der Waals surface area contributed by atoms with Crippen LogP contribution < -0.4 is 0 Å². The molecular weight excluding hydrogens is 388 g/mol. The molecule has 0 saturated carbocycles. The maximum absolute atomic E-state index is 12.0. The van der Waals surface area contributed by atoms with E-state index < -0.39 is 20.0 Å². The first-order valence-electron chi connectivity index (χ1n) is 5.15. The largest absolute Gasteiger partial charge is 0.449 e. The van der Waals surface area contributed by atoms with E-state index in [1.807, 2.05) is 13.8 Å². The first kappa shape index (κ1) is 14.2. The SMILES string of the molecule is CC1(C)S[C@H]2N(C(=O)C2(Br)Br)[C@H]1C(=O)OCC#N. The number of β-lactam (4-membered cyclic amide) rings is 1. The second kappa shape index (κ2) is 4.39. The first-order valence-corrected chi connectivity index (χ1v) is 7.62. The van der Waals surface area contributed by atoms with Crippen molar-refractivity contribution in [1.29, 1.82) is 5.26 Å². The number of halogens is 2. The number of rotatable bonds is 2. The van der Waals surface area contributed by atoms with Gasteiger partial charge in [-0.15, -0.1) is 11.8 Å². The van der Waals surface area contributed by atoms with Crippen molar-refractivity contribution in [3.05, 3.63) is 0 Å². The summed E-state index contributed by atoms with van der Waals surface area (Å²) in [6.07, 6.45) is 0. The lowest BCUT2D eigenvalue weighted by Crippen LogP contribution is -2.68. The van der Waals surface area contributed by atoms with Gasteiger partial charge in [0.2, 0.25) is 0 Å². The lowest BCUT2D eigenvalue weighted by Gasteiger charge is -2.46. The molecule has 0 bridgehead atoms. The van der Waals surface area contributed by atoms with Crippen LogP contribution in [0.1, 0.15) is 13.8 Å². The van der Waals surface area contributed by atoms with Crippen LogP contribution in [0.2, 0.25) is 0 Å².